The summed E-state index contributed by atoms with van der Waals surface area (Å²) >= 11 is 9.52. The van der Waals surface area contributed by atoms with Crippen LogP contribution in [0.4, 0.5) is 0 Å². The first kappa shape index (κ1) is 18.0. The van der Waals surface area contributed by atoms with Crippen molar-refractivity contribution in [3.05, 3.63) is 0 Å². The zero-order valence-electron chi connectivity index (χ0n) is 8.49. The molecule has 1 aliphatic rings. The van der Waals surface area contributed by atoms with Crippen molar-refractivity contribution in [3.8, 4) is 0 Å². The normalized spacial score (nSPS) is 20.3. The van der Waals surface area contributed by atoms with Gasteiger partial charge in [-0.05, 0) is 19.3 Å². The summed E-state index contributed by atoms with van der Waals surface area (Å²) in [6, 6.07) is -0.594. The molecule has 3 nitrogen and oxygen atoms in total. The second-order valence-corrected chi connectivity index (χ2v) is 3.82. The third-order valence-corrected chi connectivity index (χ3v) is 2.48. The number of thiocarbonyl (C=S) groups is 1. The molecule has 1 unspecified atom stereocenters. The quantitative estimate of drug-likeness (QED) is 0.263. The molecule has 1 fully saturated rings. The van der Waals surface area contributed by atoms with Gasteiger partial charge in [-0.2, -0.15) is 0 Å². The number of carbonyl (C=O) groups is 1. The van der Waals surface area contributed by atoms with Crippen molar-refractivity contribution < 1.29 is 69.0 Å². The Labute approximate surface area is 139 Å². The fourth-order valence-electron chi connectivity index (χ4n) is 1.40. The van der Waals surface area contributed by atoms with E-state index in [1.165, 1.54) is 0 Å². The van der Waals surface area contributed by atoms with E-state index in [-0.39, 0.29) is 63.4 Å². The van der Waals surface area contributed by atoms with Crippen molar-refractivity contribution in [2.75, 3.05) is 6.54 Å². The summed E-state index contributed by atoms with van der Waals surface area (Å²) in [6.45, 7) is 0.654. The average molecular weight is 249 g/mol. The fourth-order valence-corrected chi connectivity index (χ4v) is 1.83. The number of carboxylic acids is 1. The van der Waals surface area contributed by atoms with Crippen molar-refractivity contribution >= 4 is 35.1 Å². The first-order valence-corrected chi connectivity index (χ1v) is 4.63. The van der Waals surface area contributed by atoms with Gasteiger partial charge in [0.05, 0.1) is 12.0 Å². The molecular weight excluding hydrogens is 240 g/mol. The van der Waals surface area contributed by atoms with Gasteiger partial charge in [0.1, 0.15) is 0 Å². The molecule has 0 radical (unpaired) electrons. The van der Waals surface area contributed by atoms with E-state index >= 15 is 0 Å². The molecule has 1 aliphatic heterocycles. The number of hydrogen-bond acceptors (Lipinski definition) is 4. The molecule has 0 bridgehead atoms. The summed E-state index contributed by atoms with van der Waals surface area (Å²) in [5.41, 5.74) is 0. The molecule has 0 aromatic heterocycles. The first-order valence-electron chi connectivity index (χ1n) is 3.81. The molecule has 0 aromatic rings. The van der Waals surface area contributed by atoms with Crippen LogP contribution in [0.15, 0.2) is 0 Å². The average Bonchev–Trinajstić information content (AvgIpc) is 2.04. The van der Waals surface area contributed by atoms with Crippen LogP contribution in [0.2, 0.25) is 0 Å². The van der Waals surface area contributed by atoms with Gasteiger partial charge >= 0.3 is 59.1 Å². The molecule has 7 heteroatoms. The van der Waals surface area contributed by atoms with Crippen LogP contribution in [0.3, 0.4) is 0 Å². The van der Waals surface area contributed by atoms with Crippen LogP contribution in [0.25, 0.3) is 0 Å². The van der Waals surface area contributed by atoms with Gasteiger partial charge in [0.15, 0.2) is 0 Å². The van der Waals surface area contributed by atoms with E-state index in [0.717, 1.165) is 12.8 Å². The minimum Gasteiger partial charge on any atom is -0.548 e. The van der Waals surface area contributed by atoms with E-state index in [9.17, 15) is 9.90 Å². The molecule has 1 heterocycles. The van der Waals surface area contributed by atoms with Crippen molar-refractivity contribution in [1.82, 2.24) is 4.90 Å². The largest absolute Gasteiger partial charge is 1.00 e. The summed E-state index contributed by atoms with van der Waals surface area (Å²) in [6.07, 6.45) is 2.47. The van der Waals surface area contributed by atoms with E-state index in [2.05, 4.69) is 0 Å². The molecule has 14 heavy (non-hydrogen) atoms. The topological polar surface area (TPSA) is 43.4 Å². The van der Waals surface area contributed by atoms with E-state index in [0.29, 0.717) is 13.0 Å². The number of hydrogen-bond donors (Lipinski definition) is 0. The number of carbonyl (C=O) groups excluding carboxylic acids is 1. The molecule has 1 atom stereocenters. The van der Waals surface area contributed by atoms with Gasteiger partial charge in [0.25, 0.3) is 0 Å². The summed E-state index contributed by atoms with van der Waals surface area (Å²) in [7, 11) is 0. The Balaban J connectivity index is 0. The van der Waals surface area contributed by atoms with Crippen molar-refractivity contribution in [1.29, 1.82) is 0 Å². The Hall–Kier alpha value is 1.58. The van der Waals surface area contributed by atoms with E-state index in [4.69, 9.17) is 24.8 Å². The number of aliphatic carboxylic acids is 1. The Morgan fingerprint density at radius 1 is 1.43 bits per heavy atom. The van der Waals surface area contributed by atoms with E-state index in [1.807, 2.05) is 0 Å². The summed E-state index contributed by atoms with van der Waals surface area (Å²) in [5, 5.41) is 10.6. The number of piperidine rings is 1. The smallest absolute Gasteiger partial charge is 0.548 e. The predicted molar refractivity (Wildman–Crippen MR) is 49.3 cm³/mol. The van der Waals surface area contributed by atoms with E-state index < -0.39 is 12.0 Å². The molecular formula is C7H9NNa2O2S2. The molecule has 1 saturated heterocycles. The van der Waals surface area contributed by atoms with Gasteiger partial charge in [0, 0.05) is 6.54 Å². The third kappa shape index (κ3) is 5.07. The molecule has 0 spiro atoms. The zero-order chi connectivity index (χ0) is 9.14. The minimum absolute atomic E-state index is 0. The molecule has 0 aliphatic carbocycles. The van der Waals surface area contributed by atoms with Crippen LogP contribution in [0.1, 0.15) is 19.3 Å². The van der Waals surface area contributed by atoms with Crippen molar-refractivity contribution in [2.45, 2.75) is 25.3 Å². The Kier molecular flexibility index (Phi) is 11.2. The number of nitrogens with zero attached hydrogens (tertiary/aromatic N) is 1. The maximum atomic E-state index is 10.6. The molecule has 1 rings (SSSR count). The molecule has 0 amide bonds. The van der Waals surface area contributed by atoms with Crippen LogP contribution in [-0.2, 0) is 17.4 Å². The molecule has 68 valence electrons. The summed E-state index contributed by atoms with van der Waals surface area (Å²) in [4.78, 5) is 12.2. The second kappa shape index (κ2) is 8.70. The fraction of sp³-hybridized carbons (Fsp3) is 0.714. The van der Waals surface area contributed by atoms with Gasteiger partial charge in [0.2, 0.25) is 0 Å². The summed E-state index contributed by atoms with van der Waals surface area (Å²) in [5.74, 6) is -1.07. The maximum Gasteiger partial charge on any atom is 1.00 e. The molecule has 0 N–H and O–H groups in total. The van der Waals surface area contributed by atoms with Crippen LogP contribution in [0.5, 0.6) is 0 Å². The van der Waals surface area contributed by atoms with Crippen molar-refractivity contribution in [3.63, 3.8) is 0 Å². The zero-order valence-corrected chi connectivity index (χ0v) is 14.1. The number of likely N-dealkylation sites (tertiary alicyclic amines) is 1. The van der Waals surface area contributed by atoms with Crippen LogP contribution in [0, 0.1) is 0 Å². The Bertz CT molecular complexity index is 194. The standard InChI is InChI=1S/C7H11NO2S2.2Na/c9-6(10)5-3-1-2-4-8(5)7(11)12;;/h5H,1-4H2,(H,9,10)(H,11,12);;/q;2*+1/p-2. The van der Waals surface area contributed by atoms with E-state index in [1.54, 1.807) is 4.90 Å². The number of rotatable bonds is 1. The van der Waals surface area contributed by atoms with Gasteiger partial charge < -0.3 is 39.6 Å². The first-order chi connectivity index (χ1) is 5.63. The Morgan fingerprint density at radius 2 is 2.00 bits per heavy atom. The summed E-state index contributed by atoms with van der Waals surface area (Å²) < 4.78 is 0.240. The Morgan fingerprint density at radius 3 is 2.36 bits per heavy atom. The second-order valence-electron chi connectivity index (χ2n) is 2.79. The maximum absolute atomic E-state index is 10.6. The van der Waals surface area contributed by atoms with Gasteiger partial charge in [-0.1, -0.05) is 4.32 Å². The third-order valence-electron chi connectivity index (χ3n) is 2.01. The predicted octanol–water partition coefficient (Wildman–Crippen LogP) is -6.57. The van der Waals surface area contributed by atoms with Crippen LogP contribution >= 0.6 is 12.2 Å². The van der Waals surface area contributed by atoms with Crippen LogP contribution < -0.4 is 64.2 Å². The van der Waals surface area contributed by atoms with Gasteiger partial charge in [-0.25, -0.2) is 0 Å². The number of carboxylic acid groups (broad SMARTS) is 1. The minimum atomic E-state index is -1.07. The van der Waals surface area contributed by atoms with Crippen molar-refractivity contribution in [2.24, 2.45) is 0 Å². The van der Waals surface area contributed by atoms with Gasteiger partial charge in [-0.15, -0.1) is 0 Å². The molecule has 0 saturated carbocycles. The monoisotopic (exact) mass is 249 g/mol. The molecule has 0 aromatic carbocycles. The van der Waals surface area contributed by atoms with Crippen LogP contribution in [-0.4, -0.2) is 27.8 Å². The SMILES string of the molecule is O=C([O-])C1CCCCN1C(=S)[S-].[Na+].[Na+]. The van der Waals surface area contributed by atoms with Gasteiger partial charge in [-0.3, -0.25) is 0 Å².